The van der Waals surface area contributed by atoms with Gasteiger partial charge < -0.3 is 5.32 Å². The number of hydrogen-bond donors (Lipinski definition) is 1. The summed E-state index contributed by atoms with van der Waals surface area (Å²) in [5.74, 6) is 0. The fourth-order valence-electron chi connectivity index (χ4n) is 1.18. The fourth-order valence-corrected chi connectivity index (χ4v) is 1.42. The Hall–Kier alpha value is -0.240. The minimum Gasteiger partial charge on any atom is -0.315 e. The van der Waals surface area contributed by atoms with Gasteiger partial charge in [-0.2, -0.15) is 0 Å². The number of benzene rings is 1. The van der Waals surface area contributed by atoms with Gasteiger partial charge in [0.2, 0.25) is 0 Å². The summed E-state index contributed by atoms with van der Waals surface area (Å²) in [4.78, 5) is 0. The van der Waals surface area contributed by atoms with Gasteiger partial charge in [0.15, 0.2) is 0 Å². The van der Waals surface area contributed by atoms with Crippen LogP contribution >= 0.6 is 23.2 Å². The second kappa shape index (κ2) is 6.28. The van der Waals surface area contributed by atoms with Crippen LogP contribution in [-0.2, 0) is 6.42 Å². The van der Waals surface area contributed by atoms with Gasteiger partial charge in [0.1, 0.15) is 0 Å². The van der Waals surface area contributed by atoms with Gasteiger partial charge in [-0.15, -0.1) is 11.6 Å². The van der Waals surface area contributed by atoms with Crippen molar-refractivity contribution in [3.05, 3.63) is 34.9 Å². The van der Waals surface area contributed by atoms with Gasteiger partial charge in [-0.25, -0.2) is 0 Å². The zero-order valence-electron chi connectivity index (χ0n) is 8.26. The van der Waals surface area contributed by atoms with Crippen LogP contribution in [0.3, 0.4) is 0 Å². The molecule has 0 aliphatic rings. The lowest BCUT2D eigenvalue weighted by atomic mass is 10.1. The largest absolute Gasteiger partial charge is 0.315 e. The van der Waals surface area contributed by atoms with Gasteiger partial charge in [-0.3, -0.25) is 0 Å². The summed E-state index contributed by atoms with van der Waals surface area (Å²) >= 11 is 11.6. The monoisotopic (exact) mass is 231 g/mol. The molecule has 1 unspecified atom stereocenters. The third-order valence-electron chi connectivity index (χ3n) is 1.93. The first-order valence-corrected chi connectivity index (χ1v) is 5.59. The van der Waals surface area contributed by atoms with Gasteiger partial charge in [-0.05, 0) is 37.6 Å². The lowest BCUT2D eigenvalue weighted by Gasteiger charge is -2.05. The highest BCUT2D eigenvalue weighted by Gasteiger charge is 1.96. The number of rotatable bonds is 5. The van der Waals surface area contributed by atoms with Crippen LogP contribution in [0.25, 0.3) is 0 Å². The quantitative estimate of drug-likeness (QED) is 0.607. The Morgan fingerprint density at radius 1 is 1.29 bits per heavy atom. The first-order valence-electron chi connectivity index (χ1n) is 4.77. The molecule has 0 saturated heterocycles. The summed E-state index contributed by atoms with van der Waals surface area (Å²) in [6, 6.07) is 7.93. The van der Waals surface area contributed by atoms with Crippen molar-refractivity contribution in [1.82, 2.24) is 5.32 Å². The van der Waals surface area contributed by atoms with Crippen molar-refractivity contribution in [3.63, 3.8) is 0 Å². The molecule has 0 fully saturated rings. The first-order chi connectivity index (χ1) is 6.68. The molecule has 3 heteroatoms. The molecule has 1 rings (SSSR count). The Labute approximate surface area is 95.4 Å². The van der Waals surface area contributed by atoms with Crippen molar-refractivity contribution in [3.8, 4) is 0 Å². The molecule has 0 aliphatic carbocycles. The van der Waals surface area contributed by atoms with Crippen molar-refractivity contribution >= 4 is 23.2 Å². The summed E-state index contributed by atoms with van der Waals surface area (Å²) in [6.07, 6.45) is 1.01. The summed E-state index contributed by atoms with van der Waals surface area (Å²) in [7, 11) is 0. The molecule has 1 aromatic carbocycles. The van der Waals surface area contributed by atoms with Crippen molar-refractivity contribution in [1.29, 1.82) is 0 Å². The van der Waals surface area contributed by atoms with E-state index in [2.05, 4.69) is 5.32 Å². The molecule has 0 aromatic heterocycles. The van der Waals surface area contributed by atoms with E-state index in [1.807, 2.05) is 31.2 Å². The molecule has 0 aliphatic heterocycles. The second-order valence-corrected chi connectivity index (χ2v) is 4.54. The molecule has 78 valence electrons. The normalized spacial score (nSPS) is 12.8. The van der Waals surface area contributed by atoms with E-state index in [1.165, 1.54) is 5.56 Å². The molecule has 1 aromatic rings. The van der Waals surface area contributed by atoms with Crippen molar-refractivity contribution < 1.29 is 0 Å². The van der Waals surface area contributed by atoms with Gasteiger partial charge in [0.25, 0.3) is 0 Å². The maximum atomic E-state index is 5.80. The molecule has 0 radical (unpaired) electrons. The average Bonchev–Trinajstić information content (AvgIpc) is 2.15. The lowest BCUT2D eigenvalue weighted by Crippen LogP contribution is -2.23. The predicted octanol–water partition coefficient (Wildman–Crippen LogP) is 3.10. The van der Waals surface area contributed by atoms with E-state index >= 15 is 0 Å². The Morgan fingerprint density at radius 3 is 2.50 bits per heavy atom. The number of nitrogens with one attached hydrogen (secondary N) is 1. The van der Waals surface area contributed by atoms with Crippen LogP contribution in [0, 0.1) is 0 Å². The van der Waals surface area contributed by atoms with Crippen LogP contribution in [0.5, 0.6) is 0 Å². The molecule has 0 heterocycles. The lowest BCUT2D eigenvalue weighted by molar-refractivity contribution is 0.675. The van der Waals surface area contributed by atoms with E-state index in [0.717, 1.165) is 24.5 Å². The molecular formula is C11H15Cl2N. The summed E-state index contributed by atoms with van der Waals surface area (Å²) in [5.41, 5.74) is 1.30. The van der Waals surface area contributed by atoms with E-state index in [9.17, 15) is 0 Å². The third-order valence-corrected chi connectivity index (χ3v) is 2.34. The standard InChI is InChI=1S/C11H15Cl2N/c1-9(12)8-14-7-6-10-2-4-11(13)5-3-10/h2-5,9,14H,6-8H2,1H3. The molecule has 0 spiro atoms. The maximum Gasteiger partial charge on any atom is 0.0432 e. The molecule has 0 saturated carbocycles. The van der Waals surface area contributed by atoms with Gasteiger partial charge in [0, 0.05) is 16.9 Å². The van der Waals surface area contributed by atoms with E-state index in [0.29, 0.717) is 0 Å². The van der Waals surface area contributed by atoms with E-state index < -0.39 is 0 Å². The summed E-state index contributed by atoms with van der Waals surface area (Å²) < 4.78 is 0. The minimum atomic E-state index is 0.195. The molecule has 1 atom stereocenters. The number of alkyl halides is 1. The smallest absolute Gasteiger partial charge is 0.0432 e. The van der Waals surface area contributed by atoms with Crippen molar-refractivity contribution in [2.24, 2.45) is 0 Å². The molecule has 0 amide bonds. The third kappa shape index (κ3) is 4.85. The number of hydrogen-bond acceptors (Lipinski definition) is 1. The van der Waals surface area contributed by atoms with Crippen LogP contribution in [0.2, 0.25) is 5.02 Å². The van der Waals surface area contributed by atoms with E-state index in [4.69, 9.17) is 23.2 Å². The highest BCUT2D eigenvalue weighted by molar-refractivity contribution is 6.30. The Morgan fingerprint density at radius 2 is 1.93 bits per heavy atom. The Balaban J connectivity index is 2.21. The highest BCUT2D eigenvalue weighted by Crippen LogP contribution is 2.09. The predicted molar refractivity (Wildman–Crippen MR) is 63.3 cm³/mol. The first kappa shape index (κ1) is 11.8. The Bertz CT molecular complexity index is 256. The van der Waals surface area contributed by atoms with Crippen molar-refractivity contribution in [2.75, 3.05) is 13.1 Å². The van der Waals surface area contributed by atoms with Gasteiger partial charge >= 0.3 is 0 Å². The molecule has 0 bridgehead atoms. The van der Waals surface area contributed by atoms with E-state index in [1.54, 1.807) is 0 Å². The van der Waals surface area contributed by atoms with Crippen molar-refractivity contribution in [2.45, 2.75) is 18.7 Å². The molecular weight excluding hydrogens is 217 g/mol. The van der Waals surface area contributed by atoms with Crippen LogP contribution in [0.4, 0.5) is 0 Å². The molecule has 1 N–H and O–H groups in total. The fraction of sp³-hybridized carbons (Fsp3) is 0.455. The Kier molecular flexibility index (Phi) is 5.31. The average molecular weight is 232 g/mol. The van der Waals surface area contributed by atoms with Crippen LogP contribution in [0.1, 0.15) is 12.5 Å². The van der Waals surface area contributed by atoms with Crippen LogP contribution in [-0.4, -0.2) is 18.5 Å². The number of halogens is 2. The van der Waals surface area contributed by atoms with Gasteiger partial charge in [0.05, 0.1) is 0 Å². The summed E-state index contributed by atoms with van der Waals surface area (Å²) in [6.45, 7) is 3.80. The molecule has 1 nitrogen and oxygen atoms in total. The zero-order valence-corrected chi connectivity index (χ0v) is 9.78. The highest BCUT2D eigenvalue weighted by atomic mass is 35.5. The van der Waals surface area contributed by atoms with Gasteiger partial charge in [-0.1, -0.05) is 23.7 Å². The van der Waals surface area contributed by atoms with Crippen LogP contribution < -0.4 is 5.32 Å². The van der Waals surface area contributed by atoms with Crippen LogP contribution in [0.15, 0.2) is 24.3 Å². The van der Waals surface area contributed by atoms with E-state index in [-0.39, 0.29) is 5.38 Å². The molecule has 14 heavy (non-hydrogen) atoms. The minimum absolute atomic E-state index is 0.195. The maximum absolute atomic E-state index is 5.80. The SMILES string of the molecule is CC(Cl)CNCCc1ccc(Cl)cc1. The second-order valence-electron chi connectivity index (χ2n) is 3.36. The zero-order chi connectivity index (χ0) is 10.4. The summed E-state index contributed by atoms with van der Waals surface area (Å²) in [5, 5.41) is 4.27. The topological polar surface area (TPSA) is 12.0 Å².